The summed E-state index contributed by atoms with van der Waals surface area (Å²) in [7, 11) is 0. The molecule has 1 aliphatic carbocycles. The van der Waals surface area contributed by atoms with Crippen molar-refractivity contribution >= 4 is 12.6 Å². The first-order valence-electron chi connectivity index (χ1n) is 8.05. The Kier molecular flexibility index (Phi) is 6.83. The lowest BCUT2D eigenvalue weighted by atomic mass is 10.0. The summed E-state index contributed by atoms with van der Waals surface area (Å²) in [6.45, 7) is 1.18. The van der Waals surface area contributed by atoms with Crippen LogP contribution >= 0.6 is 12.6 Å². The van der Waals surface area contributed by atoms with E-state index in [2.05, 4.69) is 28.5 Å². The van der Waals surface area contributed by atoms with Gasteiger partial charge in [0.25, 0.3) is 0 Å². The monoisotopic (exact) mass is 280 g/mol. The summed E-state index contributed by atoms with van der Waals surface area (Å²) in [4.78, 5) is 4.56. The summed E-state index contributed by atoms with van der Waals surface area (Å²) in [5, 5.41) is 0. The summed E-state index contributed by atoms with van der Waals surface area (Å²) in [6.07, 6.45) is 16.7. The fraction of sp³-hybridized carbons (Fsp3) is 0.812. The highest BCUT2D eigenvalue weighted by atomic mass is 32.1. The first kappa shape index (κ1) is 15.0. The molecule has 108 valence electrons. The first-order valence-corrected chi connectivity index (χ1v) is 8.69. The zero-order valence-electron chi connectivity index (χ0n) is 12.1. The molecule has 0 amide bonds. The van der Waals surface area contributed by atoms with E-state index in [0.29, 0.717) is 0 Å². The first-order chi connectivity index (χ1) is 9.42. The SMILES string of the molecule is SCCCCCCCCCn1cnc2c1CCCC2. The maximum atomic E-state index is 4.56. The molecule has 0 atom stereocenters. The van der Waals surface area contributed by atoms with E-state index in [1.54, 1.807) is 0 Å². The van der Waals surface area contributed by atoms with Gasteiger partial charge in [0.2, 0.25) is 0 Å². The minimum atomic E-state index is 1.05. The highest BCUT2D eigenvalue weighted by Gasteiger charge is 2.14. The van der Waals surface area contributed by atoms with Gasteiger partial charge in [-0.05, 0) is 44.3 Å². The maximum absolute atomic E-state index is 4.56. The highest BCUT2D eigenvalue weighted by molar-refractivity contribution is 7.80. The number of fused-ring (bicyclic) bond motifs is 1. The summed E-state index contributed by atoms with van der Waals surface area (Å²) in [5.74, 6) is 1.05. The van der Waals surface area contributed by atoms with Gasteiger partial charge in [-0.2, -0.15) is 12.6 Å². The molecule has 3 heteroatoms. The standard InChI is InChI=1S/C16H28N2S/c19-13-9-5-3-1-2-4-8-12-18-14-17-15-10-6-7-11-16(15)18/h14,19H,1-13H2. The number of nitrogens with zero attached hydrogens (tertiary/aromatic N) is 2. The molecule has 0 unspecified atom stereocenters. The Labute approximate surface area is 123 Å². The fourth-order valence-electron chi connectivity index (χ4n) is 3.00. The number of aryl methyl sites for hydroxylation is 2. The van der Waals surface area contributed by atoms with Gasteiger partial charge in [-0.25, -0.2) is 4.98 Å². The predicted octanol–water partition coefficient (Wildman–Crippen LogP) is 4.42. The van der Waals surface area contributed by atoms with E-state index in [1.807, 2.05) is 0 Å². The van der Waals surface area contributed by atoms with Crippen LogP contribution in [-0.2, 0) is 19.4 Å². The van der Waals surface area contributed by atoms with Crippen LogP contribution in [0.1, 0.15) is 69.2 Å². The molecule has 1 aromatic heterocycles. The average molecular weight is 280 g/mol. The number of rotatable bonds is 9. The molecular formula is C16H28N2S. The highest BCUT2D eigenvalue weighted by Crippen LogP contribution is 2.20. The largest absolute Gasteiger partial charge is 0.334 e. The molecule has 0 N–H and O–H groups in total. The van der Waals surface area contributed by atoms with Gasteiger partial charge in [-0.3, -0.25) is 0 Å². The summed E-state index contributed by atoms with van der Waals surface area (Å²) in [6, 6.07) is 0. The Bertz CT molecular complexity index is 360. The molecule has 0 radical (unpaired) electrons. The molecule has 0 fully saturated rings. The molecule has 2 nitrogen and oxygen atoms in total. The van der Waals surface area contributed by atoms with Crippen molar-refractivity contribution in [3.05, 3.63) is 17.7 Å². The van der Waals surface area contributed by atoms with Crippen LogP contribution in [0.25, 0.3) is 0 Å². The third-order valence-electron chi connectivity index (χ3n) is 4.17. The molecule has 0 saturated carbocycles. The van der Waals surface area contributed by atoms with Crippen molar-refractivity contribution in [2.75, 3.05) is 5.75 Å². The van der Waals surface area contributed by atoms with Crippen molar-refractivity contribution in [1.29, 1.82) is 0 Å². The minimum Gasteiger partial charge on any atom is -0.334 e. The molecule has 0 spiro atoms. The van der Waals surface area contributed by atoms with Crippen LogP contribution < -0.4 is 0 Å². The van der Waals surface area contributed by atoms with E-state index < -0.39 is 0 Å². The van der Waals surface area contributed by atoms with Gasteiger partial charge in [-0.15, -0.1) is 0 Å². The second-order valence-electron chi connectivity index (χ2n) is 5.74. The molecule has 0 aliphatic heterocycles. The smallest absolute Gasteiger partial charge is 0.0951 e. The van der Waals surface area contributed by atoms with E-state index in [-0.39, 0.29) is 0 Å². The van der Waals surface area contributed by atoms with Crippen LogP contribution in [0.5, 0.6) is 0 Å². The molecule has 1 heterocycles. The summed E-state index contributed by atoms with van der Waals surface area (Å²) < 4.78 is 2.41. The molecule has 2 rings (SSSR count). The van der Waals surface area contributed by atoms with Crippen molar-refractivity contribution < 1.29 is 0 Å². The van der Waals surface area contributed by atoms with Gasteiger partial charge in [0, 0.05) is 12.2 Å². The quantitative estimate of drug-likeness (QED) is 0.523. The van der Waals surface area contributed by atoms with Crippen LogP contribution in [0.2, 0.25) is 0 Å². The number of hydrogen-bond donors (Lipinski definition) is 1. The van der Waals surface area contributed by atoms with Gasteiger partial charge < -0.3 is 4.57 Å². The minimum absolute atomic E-state index is 1.05. The van der Waals surface area contributed by atoms with Crippen LogP contribution in [-0.4, -0.2) is 15.3 Å². The second-order valence-corrected chi connectivity index (χ2v) is 6.18. The third-order valence-corrected chi connectivity index (χ3v) is 4.48. The third kappa shape index (κ3) is 4.87. The van der Waals surface area contributed by atoms with Crippen molar-refractivity contribution in [2.24, 2.45) is 0 Å². The lowest BCUT2D eigenvalue weighted by Gasteiger charge is -2.13. The molecule has 1 aromatic rings. The lowest BCUT2D eigenvalue weighted by molar-refractivity contribution is 0.533. The van der Waals surface area contributed by atoms with Crippen molar-refractivity contribution in [3.8, 4) is 0 Å². The summed E-state index contributed by atoms with van der Waals surface area (Å²) in [5.41, 5.74) is 2.90. The van der Waals surface area contributed by atoms with Crippen molar-refractivity contribution in [1.82, 2.24) is 9.55 Å². The van der Waals surface area contributed by atoms with Gasteiger partial charge in [-0.1, -0.05) is 32.1 Å². The Morgan fingerprint density at radius 3 is 2.42 bits per heavy atom. The summed E-state index contributed by atoms with van der Waals surface area (Å²) >= 11 is 4.24. The normalized spacial score (nSPS) is 14.6. The second kappa shape index (κ2) is 8.68. The molecule has 1 aliphatic rings. The van der Waals surface area contributed by atoms with E-state index in [1.165, 1.54) is 88.6 Å². The molecule has 0 saturated heterocycles. The Morgan fingerprint density at radius 2 is 1.63 bits per heavy atom. The predicted molar refractivity (Wildman–Crippen MR) is 85.0 cm³/mol. The fourth-order valence-corrected chi connectivity index (χ4v) is 3.23. The number of hydrogen-bond acceptors (Lipinski definition) is 2. The molecular weight excluding hydrogens is 252 g/mol. The lowest BCUT2D eigenvalue weighted by Crippen LogP contribution is -2.08. The molecule has 0 aromatic carbocycles. The van der Waals surface area contributed by atoms with Crippen molar-refractivity contribution in [2.45, 2.75) is 77.2 Å². The van der Waals surface area contributed by atoms with Crippen molar-refractivity contribution in [3.63, 3.8) is 0 Å². The van der Waals surface area contributed by atoms with Gasteiger partial charge >= 0.3 is 0 Å². The Morgan fingerprint density at radius 1 is 0.947 bits per heavy atom. The van der Waals surface area contributed by atoms with Crippen LogP contribution in [0.15, 0.2) is 6.33 Å². The van der Waals surface area contributed by atoms with Crippen LogP contribution in [0.4, 0.5) is 0 Å². The van der Waals surface area contributed by atoms with Crippen LogP contribution in [0.3, 0.4) is 0 Å². The Balaban J connectivity index is 1.57. The van der Waals surface area contributed by atoms with E-state index in [4.69, 9.17) is 0 Å². The van der Waals surface area contributed by atoms with Gasteiger partial charge in [0.15, 0.2) is 0 Å². The zero-order chi connectivity index (χ0) is 13.3. The molecule has 0 bridgehead atoms. The Hall–Kier alpha value is -0.440. The van der Waals surface area contributed by atoms with Crippen LogP contribution in [0, 0.1) is 0 Å². The number of imidazole rings is 1. The van der Waals surface area contributed by atoms with E-state index >= 15 is 0 Å². The van der Waals surface area contributed by atoms with E-state index in [9.17, 15) is 0 Å². The molecule has 19 heavy (non-hydrogen) atoms. The maximum Gasteiger partial charge on any atom is 0.0951 e. The number of aromatic nitrogens is 2. The zero-order valence-corrected chi connectivity index (χ0v) is 13.0. The van der Waals surface area contributed by atoms with Gasteiger partial charge in [0.1, 0.15) is 0 Å². The number of thiol groups is 1. The topological polar surface area (TPSA) is 17.8 Å². The van der Waals surface area contributed by atoms with Gasteiger partial charge in [0.05, 0.1) is 12.0 Å². The van der Waals surface area contributed by atoms with E-state index in [0.717, 1.165) is 5.75 Å². The average Bonchev–Trinajstić information content (AvgIpc) is 2.85. The number of unbranched alkanes of at least 4 members (excludes halogenated alkanes) is 6.